The number of benzene rings is 3. The summed E-state index contributed by atoms with van der Waals surface area (Å²) in [4.78, 5) is 17.7. The number of aryl methyl sites for hydroxylation is 2. The number of carbonyl (C=O) groups excluding carboxylic acids is 1. The normalized spacial score (nSPS) is 10.8. The lowest BCUT2D eigenvalue weighted by Gasteiger charge is -2.17. The summed E-state index contributed by atoms with van der Waals surface area (Å²) in [5, 5.41) is 1.40. The molecule has 4 rings (SSSR count). The van der Waals surface area contributed by atoms with Crippen LogP contribution in [0.5, 0.6) is 5.75 Å². The van der Waals surface area contributed by atoms with Crippen molar-refractivity contribution in [2.45, 2.75) is 31.2 Å². The van der Waals surface area contributed by atoms with Gasteiger partial charge in [0.1, 0.15) is 22.9 Å². The molecule has 0 saturated heterocycles. The molecular formula is C27H25NO3S. The fourth-order valence-corrected chi connectivity index (χ4v) is 4.43. The summed E-state index contributed by atoms with van der Waals surface area (Å²) in [7, 11) is 1.39. The number of ether oxygens (including phenoxy) is 2. The zero-order chi connectivity index (χ0) is 22.5. The number of aromatic nitrogens is 1. The third kappa shape index (κ3) is 4.78. The van der Waals surface area contributed by atoms with Gasteiger partial charge in [0.25, 0.3) is 0 Å². The summed E-state index contributed by atoms with van der Waals surface area (Å²) in [6.07, 6.45) is 0. The van der Waals surface area contributed by atoms with Crippen molar-refractivity contribution in [3.05, 3.63) is 101 Å². The van der Waals surface area contributed by atoms with Gasteiger partial charge in [-0.2, -0.15) is 0 Å². The van der Waals surface area contributed by atoms with Crippen molar-refractivity contribution >= 4 is 28.6 Å². The van der Waals surface area contributed by atoms with Crippen molar-refractivity contribution in [1.82, 2.24) is 4.98 Å². The number of nitrogens with zero attached hydrogens (tertiary/aromatic N) is 1. The van der Waals surface area contributed by atoms with Gasteiger partial charge < -0.3 is 9.47 Å². The van der Waals surface area contributed by atoms with E-state index in [2.05, 4.69) is 31.2 Å². The molecule has 0 atom stereocenters. The summed E-state index contributed by atoms with van der Waals surface area (Å²) in [6, 6.07) is 24.1. The second-order valence-electron chi connectivity index (χ2n) is 7.62. The van der Waals surface area contributed by atoms with E-state index >= 15 is 0 Å². The van der Waals surface area contributed by atoms with E-state index in [1.54, 1.807) is 0 Å². The zero-order valence-corrected chi connectivity index (χ0v) is 19.2. The molecule has 0 fully saturated rings. The first-order chi connectivity index (χ1) is 15.6. The van der Waals surface area contributed by atoms with Crippen LogP contribution in [0.3, 0.4) is 0 Å². The van der Waals surface area contributed by atoms with E-state index in [0.717, 1.165) is 27.6 Å². The Morgan fingerprint density at radius 2 is 1.66 bits per heavy atom. The van der Waals surface area contributed by atoms with Crippen LogP contribution in [0.4, 0.5) is 0 Å². The summed E-state index contributed by atoms with van der Waals surface area (Å²) < 4.78 is 11.4. The van der Waals surface area contributed by atoms with Gasteiger partial charge in [0.05, 0.1) is 12.6 Å². The van der Waals surface area contributed by atoms with Crippen LogP contribution in [-0.4, -0.2) is 18.1 Å². The minimum atomic E-state index is -0.450. The molecule has 0 radical (unpaired) electrons. The first-order valence-corrected chi connectivity index (χ1v) is 11.4. The highest BCUT2D eigenvalue weighted by atomic mass is 32.2. The highest BCUT2D eigenvalue weighted by Gasteiger charge is 2.24. The van der Waals surface area contributed by atoms with Crippen LogP contribution in [0.25, 0.3) is 10.9 Å². The first kappa shape index (κ1) is 21.9. The smallest absolute Gasteiger partial charge is 0.344 e. The molecule has 0 saturated carbocycles. The van der Waals surface area contributed by atoms with E-state index in [0.29, 0.717) is 28.7 Å². The quantitative estimate of drug-likeness (QED) is 0.241. The first-order valence-electron chi connectivity index (χ1n) is 10.4. The molecule has 4 nitrogen and oxygen atoms in total. The lowest BCUT2D eigenvalue weighted by molar-refractivity contribution is 0.0590. The van der Waals surface area contributed by atoms with Crippen LogP contribution in [0, 0.1) is 13.8 Å². The van der Waals surface area contributed by atoms with Gasteiger partial charge in [0.2, 0.25) is 0 Å². The van der Waals surface area contributed by atoms with Gasteiger partial charge in [-0.05, 0) is 42.7 Å². The number of pyridine rings is 1. The number of thioether (sulfide) groups is 1. The Hall–Kier alpha value is -3.31. The van der Waals surface area contributed by atoms with Gasteiger partial charge in [-0.3, -0.25) is 0 Å². The highest BCUT2D eigenvalue weighted by Crippen LogP contribution is 2.37. The maximum atomic E-state index is 12.9. The number of rotatable bonds is 7. The van der Waals surface area contributed by atoms with Gasteiger partial charge in [0, 0.05) is 11.1 Å². The SMILES string of the molecule is COC(=O)c1c(SCc2ccc(C)cc2)nc2ccccc2c1OCc1ccccc1C. The molecule has 0 aliphatic rings. The highest BCUT2D eigenvalue weighted by molar-refractivity contribution is 7.98. The van der Waals surface area contributed by atoms with E-state index in [-0.39, 0.29) is 0 Å². The largest absolute Gasteiger partial charge is 0.487 e. The Labute approximate surface area is 192 Å². The molecule has 0 unspecified atom stereocenters. The lowest BCUT2D eigenvalue weighted by atomic mass is 10.1. The average molecular weight is 444 g/mol. The van der Waals surface area contributed by atoms with Crippen LogP contribution in [0.1, 0.15) is 32.6 Å². The monoisotopic (exact) mass is 443 g/mol. The van der Waals surface area contributed by atoms with Gasteiger partial charge in [-0.15, -0.1) is 11.8 Å². The summed E-state index contributed by atoms with van der Waals surface area (Å²) in [6.45, 7) is 4.47. The van der Waals surface area contributed by atoms with Crippen molar-refractivity contribution in [3.8, 4) is 5.75 Å². The predicted octanol–water partition coefficient (Wildman–Crippen LogP) is 6.51. The number of fused-ring (bicyclic) bond motifs is 1. The van der Waals surface area contributed by atoms with E-state index in [9.17, 15) is 4.79 Å². The fraction of sp³-hybridized carbons (Fsp3) is 0.185. The maximum absolute atomic E-state index is 12.9. The van der Waals surface area contributed by atoms with Gasteiger partial charge in [-0.25, -0.2) is 9.78 Å². The van der Waals surface area contributed by atoms with Crippen molar-refractivity contribution in [2.75, 3.05) is 7.11 Å². The van der Waals surface area contributed by atoms with E-state index < -0.39 is 5.97 Å². The molecule has 1 aromatic heterocycles. The molecule has 0 aliphatic heterocycles. The molecule has 32 heavy (non-hydrogen) atoms. The van der Waals surface area contributed by atoms with Crippen molar-refractivity contribution in [3.63, 3.8) is 0 Å². The minimum absolute atomic E-state index is 0.354. The van der Waals surface area contributed by atoms with Gasteiger partial charge in [-0.1, -0.05) is 66.2 Å². The van der Waals surface area contributed by atoms with Crippen LogP contribution < -0.4 is 4.74 Å². The molecule has 3 aromatic carbocycles. The third-order valence-corrected chi connectivity index (χ3v) is 6.38. The Morgan fingerprint density at radius 3 is 2.41 bits per heavy atom. The maximum Gasteiger partial charge on any atom is 0.344 e. The van der Waals surface area contributed by atoms with Crippen molar-refractivity contribution in [1.29, 1.82) is 0 Å². The summed E-state index contributed by atoms with van der Waals surface area (Å²) >= 11 is 1.51. The van der Waals surface area contributed by atoms with E-state index in [1.807, 2.05) is 55.5 Å². The second-order valence-corrected chi connectivity index (χ2v) is 8.58. The number of para-hydroxylation sites is 1. The molecule has 0 N–H and O–H groups in total. The number of carbonyl (C=O) groups is 1. The van der Waals surface area contributed by atoms with E-state index in [4.69, 9.17) is 14.5 Å². The Balaban J connectivity index is 1.76. The van der Waals surface area contributed by atoms with Gasteiger partial charge >= 0.3 is 5.97 Å². The molecule has 162 valence electrons. The number of esters is 1. The van der Waals surface area contributed by atoms with Crippen molar-refractivity contribution in [2.24, 2.45) is 0 Å². The molecule has 0 amide bonds. The summed E-state index contributed by atoms with van der Waals surface area (Å²) in [5.41, 5.74) is 5.74. The van der Waals surface area contributed by atoms with Crippen LogP contribution in [-0.2, 0) is 17.1 Å². The number of methoxy groups -OCH3 is 1. The van der Waals surface area contributed by atoms with Crippen molar-refractivity contribution < 1.29 is 14.3 Å². The topological polar surface area (TPSA) is 48.4 Å². The molecule has 4 aromatic rings. The van der Waals surface area contributed by atoms with Crippen LogP contribution in [0.15, 0.2) is 77.8 Å². The van der Waals surface area contributed by atoms with Gasteiger partial charge in [0.15, 0.2) is 0 Å². The minimum Gasteiger partial charge on any atom is -0.487 e. The van der Waals surface area contributed by atoms with Crippen LogP contribution in [0.2, 0.25) is 0 Å². The standard InChI is InChI=1S/C27H25NO3S/c1-18-12-14-20(15-13-18)17-32-26-24(27(29)30-3)25(22-10-6-7-11-23(22)28-26)31-16-21-9-5-4-8-19(21)2/h4-15H,16-17H2,1-3H3. The van der Waals surface area contributed by atoms with Crippen LogP contribution >= 0.6 is 11.8 Å². The Kier molecular flexibility index (Phi) is 6.76. The average Bonchev–Trinajstić information content (AvgIpc) is 2.82. The molecular weight excluding hydrogens is 418 g/mol. The zero-order valence-electron chi connectivity index (χ0n) is 18.4. The number of hydrogen-bond acceptors (Lipinski definition) is 5. The molecule has 0 bridgehead atoms. The fourth-order valence-electron chi connectivity index (χ4n) is 3.45. The molecule has 5 heteroatoms. The predicted molar refractivity (Wildman–Crippen MR) is 129 cm³/mol. The third-order valence-electron chi connectivity index (χ3n) is 5.33. The van der Waals surface area contributed by atoms with E-state index in [1.165, 1.54) is 24.4 Å². The number of hydrogen-bond donors (Lipinski definition) is 0. The Bertz CT molecular complexity index is 1250. The molecule has 0 aliphatic carbocycles. The Morgan fingerprint density at radius 1 is 0.938 bits per heavy atom. The summed E-state index contributed by atoms with van der Waals surface area (Å²) in [5.74, 6) is 0.749. The molecule has 0 spiro atoms. The molecule has 1 heterocycles. The second kappa shape index (κ2) is 9.88. The lowest BCUT2D eigenvalue weighted by Crippen LogP contribution is -2.10.